The van der Waals surface area contributed by atoms with Gasteiger partial charge in [-0.2, -0.15) is 0 Å². The van der Waals surface area contributed by atoms with Gasteiger partial charge >= 0.3 is 0 Å². The molecule has 1 aliphatic heterocycles. The number of carbonyl (C=O) groups excluding carboxylic acids is 1. The van der Waals surface area contributed by atoms with Crippen molar-refractivity contribution in [2.24, 2.45) is 0 Å². The van der Waals surface area contributed by atoms with E-state index in [0.29, 0.717) is 12.2 Å². The van der Waals surface area contributed by atoms with Crippen LogP contribution in [0.2, 0.25) is 0 Å². The minimum atomic E-state index is 0.301. The molecule has 2 nitrogen and oxygen atoms in total. The Labute approximate surface area is 147 Å². The number of benzene rings is 3. The third-order valence-corrected chi connectivity index (χ3v) is 4.62. The average molecular weight is 325 g/mol. The Balaban J connectivity index is 0.000000136. The van der Waals surface area contributed by atoms with Crippen LogP contribution in [0, 0.1) is 0 Å². The number of aryl methyl sites for hydroxylation is 1. The zero-order valence-electron chi connectivity index (χ0n) is 13.9. The van der Waals surface area contributed by atoms with Gasteiger partial charge in [-0.15, -0.1) is 0 Å². The molecule has 0 radical (unpaired) electrons. The summed E-state index contributed by atoms with van der Waals surface area (Å²) in [5.74, 6) is 0.301. The second-order valence-electron chi connectivity index (χ2n) is 6.19. The highest BCUT2D eigenvalue weighted by atomic mass is 16.1. The van der Waals surface area contributed by atoms with Crippen LogP contribution >= 0.6 is 0 Å². The highest BCUT2D eigenvalue weighted by molar-refractivity contribution is 6.00. The van der Waals surface area contributed by atoms with Crippen LogP contribution in [0.3, 0.4) is 0 Å². The van der Waals surface area contributed by atoms with E-state index in [1.807, 2.05) is 36.5 Å². The minimum Gasteiger partial charge on any atom is -0.361 e. The second kappa shape index (κ2) is 6.78. The zero-order valence-corrected chi connectivity index (χ0v) is 13.9. The van der Waals surface area contributed by atoms with Crippen molar-refractivity contribution >= 4 is 17.5 Å². The summed E-state index contributed by atoms with van der Waals surface area (Å²) in [5, 5.41) is 3.29. The van der Waals surface area contributed by atoms with Crippen molar-refractivity contribution in [2.45, 2.75) is 12.8 Å². The van der Waals surface area contributed by atoms with Crippen LogP contribution in [0.5, 0.6) is 0 Å². The normalized spacial score (nSPS) is 13.5. The molecule has 3 aromatic carbocycles. The van der Waals surface area contributed by atoms with Crippen molar-refractivity contribution in [1.82, 2.24) is 0 Å². The number of hydrogen-bond acceptors (Lipinski definition) is 2. The topological polar surface area (TPSA) is 29.1 Å². The lowest BCUT2D eigenvalue weighted by Crippen LogP contribution is -1.88. The predicted molar refractivity (Wildman–Crippen MR) is 104 cm³/mol. The van der Waals surface area contributed by atoms with Gasteiger partial charge in [0.2, 0.25) is 0 Å². The first kappa shape index (κ1) is 15.4. The molecule has 25 heavy (non-hydrogen) atoms. The van der Waals surface area contributed by atoms with Gasteiger partial charge in [-0.25, -0.2) is 0 Å². The van der Waals surface area contributed by atoms with E-state index in [-0.39, 0.29) is 0 Å². The fourth-order valence-corrected chi connectivity index (χ4v) is 3.35. The van der Waals surface area contributed by atoms with E-state index in [9.17, 15) is 4.79 Å². The van der Waals surface area contributed by atoms with E-state index in [4.69, 9.17) is 0 Å². The summed E-state index contributed by atoms with van der Waals surface area (Å²) in [7, 11) is 0. The van der Waals surface area contributed by atoms with E-state index in [0.717, 1.165) is 12.0 Å². The molecule has 0 saturated heterocycles. The first-order valence-electron chi connectivity index (χ1n) is 8.55. The fraction of sp³-hybridized carbons (Fsp3) is 0.0870. The summed E-state index contributed by atoms with van der Waals surface area (Å²) in [6.07, 6.45) is 5.74. The molecule has 0 amide bonds. The first-order chi connectivity index (χ1) is 12.3. The molecule has 2 heteroatoms. The molecule has 0 aromatic heterocycles. The van der Waals surface area contributed by atoms with Gasteiger partial charge in [0.1, 0.15) is 0 Å². The zero-order chi connectivity index (χ0) is 17.1. The Hall–Kier alpha value is -3.13. The lowest BCUT2D eigenvalue weighted by Gasteiger charge is -2.08. The Morgan fingerprint density at radius 1 is 0.680 bits per heavy atom. The Morgan fingerprint density at radius 3 is 2.20 bits per heavy atom. The predicted octanol–water partition coefficient (Wildman–Crippen LogP) is 5.57. The van der Waals surface area contributed by atoms with Gasteiger partial charge in [-0.1, -0.05) is 66.7 Å². The van der Waals surface area contributed by atoms with Crippen molar-refractivity contribution in [3.05, 3.63) is 95.7 Å². The average Bonchev–Trinajstić information content (AvgIpc) is 2.94. The first-order valence-corrected chi connectivity index (χ1v) is 8.55. The standard InChI is InChI=1S/C14H11N.C9H8O/c1-2-6-12-11(5-1)9-10-15-14-8-4-3-7-13(12)14;10-9-6-5-7-3-1-2-4-8(7)9/h1-10,15H;1-4H,5-6H2. The highest BCUT2D eigenvalue weighted by Crippen LogP contribution is 2.33. The maximum atomic E-state index is 11.1. The van der Waals surface area contributed by atoms with E-state index in [2.05, 4.69) is 53.9 Å². The van der Waals surface area contributed by atoms with Gasteiger partial charge in [0.25, 0.3) is 0 Å². The molecule has 1 heterocycles. The second-order valence-corrected chi connectivity index (χ2v) is 6.19. The quantitative estimate of drug-likeness (QED) is 0.586. The maximum absolute atomic E-state index is 11.1. The summed E-state index contributed by atoms with van der Waals surface area (Å²) in [6, 6.07) is 24.6. The molecule has 1 aliphatic carbocycles. The maximum Gasteiger partial charge on any atom is 0.163 e. The van der Waals surface area contributed by atoms with Gasteiger partial charge < -0.3 is 5.32 Å². The molecule has 122 valence electrons. The van der Waals surface area contributed by atoms with Gasteiger partial charge in [0, 0.05) is 29.4 Å². The molecule has 3 aromatic rings. The van der Waals surface area contributed by atoms with Crippen LogP contribution in [-0.4, -0.2) is 5.78 Å². The summed E-state index contributed by atoms with van der Waals surface area (Å²) < 4.78 is 0. The SMILES string of the molecule is C1=Cc2ccccc2-c2ccccc2N1.O=C1CCc2ccccc21. The minimum absolute atomic E-state index is 0.301. The molecule has 0 spiro atoms. The molecule has 0 fully saturated rings. The van der Waals surface area contributed by atoms with Crippen molar-refractivity contribution in [1.29, 1.82) is 0 Å². The molecule has 0 saturated carbocycles. The van der Waals surface area contributed by atoms with Gasteiger partial charge in [-0.3, -0.25) is 4.79 Å². The van der Waals surface area contributed by atoms with Crippen LogP contribution in [0.1, 0.15) is 27.9 Å². The molecule has 5 rings (SSSR count). The molecule has 1 N–H and O–H groups in total. The van der Waals surface area contributed by atoms with E-state index in [1.54, 1.807) is 0 Å². The number of anilines is 1. The highest BCUT2D eigenvalue weighted by Gasteiger charge is 2.17. The van der Waals surface area contributed by atoms with E-state index < -0.39 is 0 Å². The van der Waals surface area contributed by atoms with E-state index in [1.165, 1.54) is 27.9 Å². The summed E-state index contributed by atoms with van der Waals surface area (Å²) in [6.45, 7) is 0. The molecular weight excluding hydrogens is 306 g/mol. The number of hydrogen-bond donors (Lipinski definition) is 1. The van der Waals surface area contributed by atoms with Crippen molar-refractivity contribution in [3.63, 3.8) is 0 Å². The lowest BCUT2D eigenvalue weighted by atomic mass is 9.99. The Morgan fingerprint density at radius 2 is 1.36 bits per heavy atom. The van der Waals surface area contributed by atoms with E-state index >= 15 is 0 Å². The fourth-order valence-electron chi connectivity index (χ4n) is 3.35. The summed E-state index contributed by atoms with van der Waals surface area (Å²) in [4.78, 5) is 11.1. The van der Waals surface area contributed by atoms with Crippen molar-refractivity contribution in [2.75, 3.05) is 5.32 Å². The number of Topliss-reactive ketones (excluding diaryl/α,β-unsaturated/α-hetero) is 1. The Kier molecular flexibility index (Phi) is 4.17. The van der Waals surface area contributed by atoms with Crippen molar-refractivity contribution in [3.8, 4) is 11.1 Å². The Bertz CT molecular complexity index is 956. The molecule has 0 unspecified atom stereocenters. The van der Waals surface area contributed by atoms with Gasteiger partial charge in [0.05, 0.1) is 0 Å². The number of fused-ring (bicyclic) bond motifs is 4. The number of carbonyl (C=O) groups is 1. The van der Waals surface area contributed by atoms with Crippen LogP contribution in [0.15, 0.2) is 79.0 Å². The smallest absolute Gasteiger partial charge is 0.163 e. The van der Waals surface area contributed by atoms with Crippen molar-refractivity contribution < 1.29 is 4.79 Å². The number of rotatable bonds is 0. The third kappa shape index (κ3) is 3.11. The molecule has 0 bridgehead atoms. The third-order valence-electron chi connectivity index (χ3n) is 4.62. The van der Waals surface area contributed by atoms with Gasteiger partial charge in [-0.05, 0) is 35.3 Å². The van der Waals surface area contributed by atoms with Crippen LogP contribution in [0.4, 0.5) is 5.69 Å². The van der Waals surface area contributed by atoms with Crippen LogP contribution in [-0.2, 0) is 6.42 Å². The largest absolute Gasteiger partial charge is 0.361 e. The number of nitrogens with one attached hydrogen (secondary N) is 1. The summed E-state index contributed by atoms with van der Waals surface area (Å²) >= 11 is 0. The number of ketones is 1. The van der Waals surface area contributed by atoms with Gasteiger partial charge in [0.15, 0.2) is 5.78 Å². The molecule has 0 atom stereocenters. The monoisotopic (exact) mass is 325 g/mol. The number of para-hydroxylation sites is 1. The molecular formula is C23H19NO. The molecule has 2 aliphatic rings. The summed E-state index contributed by atoms with van der Waals surface area (Å²) in [5.41, 5.74) is 7.12. The lowest BCUT2D eigenvalue weighted by molar-refractivity contribution is 0.0994. The van der Waals surface area contributed by atoms with Crippen LogP contribution in [0.25, 0.3) is 17.2 Å². The van der Waals surface area contributed by atoms with Crippen LogP contribution < -0.4 is 5.32 Å².